The molecule has 6 rings (SSSR count). The lowest BCUT2D eigenvalue weighted by molar-refractivity contribution is -0.129. The topological polar surface area (TPSA) is 142 Å². The molecule has 13 heteroatoms. The molecule has 2 aromatic carbocycles. The van der Waals surface area contributed by atoms with Crippen molar-refractivity contribution in [2.24, 2.45) is 5.92 Å². The highest BCUT2D eigenvalue weighted by atomic mass is 35.5. The van der Waals surface area contributed by atoms with E-state index < -0.39 is 11.9 Å². The van der Waals surface area contributed by atoms with Crippen molar-refractivity contribution in [1.82, 2.24) is 25.3 Å². The van der Waals surface area contributed by atoms with Crippen LogP contribution in [0.15, 0.2) is 60.9 Å². The molecule has 2 bridgehead atoms. The number of anilines is 2. The smallest absolute Gasteiger partial charge is 0.411 e. The summed E-state index contributed by atoms with van der Waals surface area (Å²) in [6.45, 7) is 2.22. The fraction of sp³-hybridized carbons (Fsp3) is 0.294. The van der Waals surface area contributed by atoms with Gasteiger partial charge in [-0.25, -0.2) is 9.18 Å². The summed E-state index contributed by atoms with van der Waals surface area (Å²) >= 11 is 6.18. The first kappa shape index (κ1) is 31.9. The molecule has 0 saturated heterocycles. The van der Waals surface area contributed by atoms with E-state index in [0.29, 0.717) is 59.7 Å². The quantitative estimate of drug-likeness (QED) is 0.214. The minimum Gasteiger partial charge on any atom is -0.453 e. The molecule has 2 aliphatic rings. The van der Waals surface area contributed by atoms with Crippen LogP contribution in [0.3, 0.4) is 0 Å². The molecule has 0 radical (unpaired) electrons. The second-order valence-electron chi connectivity index (χ2n) is 11.6. The molecule has 242 valence electrons. The van der Waals surface area contributed by atoms with Crippen LogP contribution in [0, 0.1) is 11.7 Å². The Morgan fingerprint density at radius 3 is 2.68 bits per heavy atom. The molecule has 11 nitrogen and oxygen atoms in total. The number of hydrogen-bond donors (Lipinski definition) is 3. The summed E-state index contributed by atoms with van der Waals surface area (Å²) in [5.74, 6) is -1.28. The summed E-state index contributed by atoms with van der Waals surface area (Å²) in [7, 11) is 1.28. The number of amides is 3. The van der Waals surface area contributed by atoms with Gasteiger partial charge >= 0.3 is 6.09 Å². The normalized spacial score (nSPS) is 18.6. The first-order valence-corrected chi connectivity index (χ1v) is 15.7. The van der Waals surface area contributed by atoms with E-state index in [1.807, 2.05) is 25.1 Å². The van der Waals surface area contributed by atoms with Crippen LogP contribution < -0.4 is 10.6 Å². The number of benzene rings is 2. The fourth-order valence-electron chi connectivity index (χ4n) is 6.15. The van der Waals surface area contributed by atoms with Crippen molar-refractivity contribution in [1.29, 1.82) is 0 Å². The van der Waals surface area contributed by atoms with E-state index in [1.165, 1.54) is 25.4 Å². The maximum atomic E-state index is 15.5. The largest absolute Gasteiger partial charge is 0.453 e. The molecule has 0 saturated carbocycles. The van der Waals surface area contributed by atoms with Crippen LogP contribution in [0.1, 0.15) is 56.3 Å². The SMILES string of the molecule is COC(=O)Nc1ccc2c(c1)NC(=O)C(C)CCCCC(N1CCC(c3c(-c4cn[nH]n4)ccc(Cl)c3F)=CC1=O)c1cc-2ccn1. The summed E-state index contributed by atoms with van der Waals surface area (Å²) in [5.41, 5.74) is 4.89. The molecule has 4 aromatic rings. The first-order chi connectivity index (χ1) is 22.7. The van der Waals surface area contributed by atoms with Gasteiger partial charge in [0.05, 0.1) is 35.8 Å². The van der Waals surface area contributed by atoms with Gasteiger partial charge in [0, 0.05) is 47.1 Å². The maximum absolute atomic E-state index is 15.5. The number of carbonyl (C=O) groups excluding carboxylic acids is 3. The number of rotatable bonds is 4. The minimum atomic E-state index is -0.626. The molecule has 2 aromatic heterocycles. The number of hydrogen-bond acceptors (Lipinski definition) is 7. The zero-order valence-electron chi connectivity index (χ0n) is 25.8. The van der Waals surface area contributed by atoms with Crippen LogP contribution in [0.2, 0.25) is 5.02 Å². The zero-order valence-corrected chi connectivity index (χ0v) is 26.6. The first-order valence-electron chi connectivity index (χ1n) is 15.4. The van der Waals surface area contributed by atoms with Crippen LogP contribution in [0.25, 0.3) is 28.0 Å². The Morgan fingerprint density at radius 1 is 1.11 bits per heavy atom. The Labute approximate surface area is 275 Å². The number of ether oxygens (including phenoxy) is 1. The second-order valence-corrected chi connectivity index (χ2v) is 12.0. The predicted molar refractivity (Wildman–Crippen MR) is 176 cm³/mol. The van der Waals surface area contributed by atoms with E-state index in [-0.39, 0.29) is 34.4 Å². The highest BCUT2D eigenvalue weighted by molar-refractivity contribution is 6.31. The number of fused-ring (bicyclic) bond motifs is 4. The molecule has 2 unspecified atom stereocenters. The maximum Gasteiger partial charge on any atom is 0.411 e. The van der Waals surface area contributed by atoms with E-state index in [0.717, 1.165) is 24.0 Å². The Balaban J connectivity index is 1.36. The van der Waals surface area contributed by atoms with Crippen LogP contribution in [-0.4, -0.2) is 56.9 Å². The van der Waals surface area contributed by atoms with Gasteiger partial charge in [0.2, 0.25) is 11.8 Å². The van der Waals surface area contributed by atoms with Crippen LogP contribution >= 0.6 is 11.6 Å². The molecule has 0 spiro atoms. The van der Waals surface area contributed by atoms with Crippen molar-refractivity contribution in [2.75, 3.05) is 24.3 Å². The van der Waals surface area contributed by atoms with Crippen molar-refractivity contribution >= 4 is 46.5 Å². The molecule has 3 N–H and O–H groups in total. The second kappa shape index (κ2) is 13.7. The van der Waals surface area contributed by atoms with E-state index in [4.69, 9.17) is 21.3 Å². The Bertz CT molecular complexity index is 1860. The lowest BCUT2D eigenvalue weighted by Gasteiger charge is -2.34. The van der Waals surface area contributed by atoms with Crippen molar-refractivity contribution in [3.05, 3.63) is 83.0 Å². The lowest BCUT2D eigenvalue weighted by atomic mass is 9.91. The highest BCUT2D eigenvalue weighted by Crippen LogP contribution is 2.39. The summed E-state index contributed by atoms with van der Waals surface area (Å²) in [6.07, 6.45) is 7.22. The van der Waals surface area contributed by atoms with Gasteiger partial charge in [-0.3, -0.25) is 19.9 Å². The molecule has 0 aliphatic carbocycles. The average Bonchev–Trinajstić information content (AvgIpc) is 3.61. The number of halogens is 2. The van der Waals surface area contributed by atoms with Gasteiger partial charge in [-0.05, 0) is 60.7 Å². The molecule has 3 amide bonds. The van der Waals surface area contributed by atoms with Gasteiger partial charge in [-0.15, -0.1) is 0 Å². The molecule has 4 heterocycles. The van der Waals surface area contributed by atoms with E-state index >= 15 is 4.39 Å². The monoisotopic (exact) mass is 657 g/mol. The number of methoxy groups -OCH3 is 1. The Morgan fingerprint density at radius 2 is 1.91 bits per heavy atom. The third-order valence-corrected chi connectivity index (χ3v) is 8.93. The van der Waals surface area contributed by atoms with Gasteiger partial charge in [0.1, 0.15) is 11.5 Å². The van der Waals surface area contributed by atoms with Crippen molar-refractivity contribution in [3.8, 4) is 22.4 Å². The number of nitrogens with one attached hydrogen (secondary N) is 3. The van der Waals surface area contributed by atoms with Crippen molar-refractivity contribution < 1.29 is 23.5 Å². The number of carbonyl (C=O) groups is 3. The zero-order chi connectivity index (χ0) is 33.1. The van der Waals surface area contributed by atoms with Gasteiger partial charge in [-0.1, -0.05) is 43.5 Å². The van der Waals surface area contributed by atoms with Crippen molar-refractivity contribution in [3.63, 3.8) is 0 Å². The van der Waals surface area contributed by atoms with Crippen molar-refractivity contribution in [2.45, 2.75) is 45.1 Å². The van der Waals surface area contributed by atoms with E-state index in [2.05, 4.69) is 26.0 Å². The summed E-state index contributed by atoms with van der Waals surface area (Å²) < 4.78 is 20.2. The van der Waals surface area contributed by atoms with Gasteiger partial charge in [0.25, 0.3) is 0 Å². The Hall–Kier alpha value is -5.10. The summed E-state index contributed by atoms with van der Waals surface area (Å²) in [5, 5.41) is 16.2. The molecular weight excluding hydrogens is 625 g/mol. The van der Waals surface area contributed by atoms with Gasteiger partial charge < -0.3 is 15.0 Å². The molecule has 47 heavy (non-hydrogen) atoms. The molecule has 2 atom stereocenters. The van der Waals surface area contributed by atoms with Crippen LogP contribution in [0.5, 0.6) is 0 Å². The number of pyridine rings is 1. The highest BCUT2D eigenvalue weighted by Gasteiger charge is 2.31. The minimum absolute atomic E-state index is 0.0463. The third-order valence-electron chi connectivity index (χ3n) is 8.64. The van der Waals surface area contributed by atoms with Crippen LogP contribution in [-0.2, 0) is 14.3 Å². The predicted octanol–water partition coefficient (Wildman–Crippen LogP) is 7.01. The van der Waals surface area contributed by atoms with E-state index in [9.17, 15) is 14.4 Å². The number of aromatic nitrogens is 4. The average molecular weight is 658 g/mol. The number of nitrogens with zero attached hydrogens (tertiary/aromatic N) is 4. The lowest BCUT2D eigenvalue weighted by Crippen LogP contribution is -2.37. The fourth-order valence-corrected chi connectivity index (χ4v) is 6.31. The number of aromatic amines is 1. The van der Waals surface area contributed by atoms with Crippen LogP contribution in [0.4, 0.5) is 20.6 Å². The molecular formula is C34H33ClFN7O4. The third kappa shape index (κ3) is 6.73. The summed E-state index contributed by atoms with van der Waals surface area (Å²) in [4.78, 5) is 45.4. The van der Waals surface area contributed by atoms with E-state index in [1.54, 1.807) is 29.3 Å². The standard InChI is InChI=1S/C34H33ClFN7O4/c1-19-5-3-4-6-29(27-15-20(11-13-37-27)23-8-7-22(39-34(46)47-2)17-26(23)40-33(19)45)43-14-12-21(16-30(43)44)31-24(28-18-38-42-41-28)9-10-25(35)32(31)36/h7-11,13,15-19,29H,3-6,12,14H2,1-2H3,(H,39,46)(H,40,45)(H,38,41,42). The summed E-state index contributed by atoms with van der Waals surface area (Å²) in [6, 6.07) is 11.8. The van der Waals surface area contributed by atoms with Gasteiger partial charge in [0.15, 0.2) is 0 Å². The molecule has 2 aliphatic heterocycles. The Kier molecular flexibility index (Phi) is 9.30. The number of H-pyrrole nitrogens is 1. The van der Waals surface area contributed by atoms with Gasteiger partial charge in [-0.2, -0.15) is 15.4 Å². The molecule has 0 fully saturated rings.